The second kappa shape index (κ2) is 5.90. The van der Waals surface area contributed by atoms with E-state index >= 15 is 0 Å². The van der Waals surface area contributed by atoms with Crippen LogP contribution in [0.4, 0.5) is 11.4 Å². The van der Waals surface area contributed by atoms with E-state index in [1.807, 2.05) is 6.07 Å². The number of rotatable bonds is 3. The molecule has 4 bridgehead atoms. The molecule has 2 aromatic rings. The Hall–Kier alpha value is -2.22. The summed E-state index contributed by atoms with van der Waals surface area (Å²) in [6, 6.07) is 14.6. The minimum atomic E-state index is 0.281. The molecular weight excluding hydrogens is 316 g/mol. The van der Waals surface area contributed by atoms with Crippen molar-refractivity contribution in [2.45, 2.75) is 43.9 Å². The molecule has 4 saturated carbocycles. The van der Waals surface area contributed by atoms with Gasteiger partial charge in [-0.15, -0.1) is 0 Å². The van der Waals surface area contributed by atoms with E-state index in [0.29, 0.717) is 0 Å². The quantitative estimate of drug-likeness (QED) is 0.571. The lowest BCUT2D eigenvalue weighted by molar-refractivity contribution is -0.00490. The van der Waals surface area contributed by atoms with Gasteiger partial charge in [-0.1, -0.05) is 42.5 Å². The molecule has 26 heavy (non-hydrogen) atoms. The maximum absolute atomic E-state index is 6.60. The fourth-order valence-corrected chi connectivity index (χ4v) is 6.62. The Kier molecular flexibility index (Phi) is 3.63. The van der Waals surface area contributed by atoms with Crippen molar-refractivity contribution in [3.8, 4) is 0 Å². The van der Waals surface area contributed by atoms with E-state index in [1.165, 1.54) is 55.2 Å². The molecule has 2 nitrogen and oxygen atoms in total. The summed E-state index contributed by atoms with van der Waals surface area (Å²) < 4.78 is 0. The van der Waals surface area contributed by atoms with Crippen LogP contribution in [0.2, 0.25) is 0 Å². The highest BCUT2D eigenvalue weighted by atomic mass is 14.7. The first kappa shape index (κ1) is 16.0. The van der Waals surface area contributed by atoms with Gasteiger partial charge in [-0.3, -0.25) is 0 Å². The van der Waals surface area contributed by atoms with E-state index in [2.05, 4.69) is 48.6 Å². The van der Waals surface area contributed by atoms with Gasteiger partial charge < -0.3 is 11.5 Å². The molecule has 4 aliphatic rings. The van der Waals surface area contributed by atoms with Crippen molar-refractivity contribution in [3.05, 3.63) is 59.2 Å². The van der Waals surface area contributed by atoms with Gasteiger partial charge in [0, 0.05) is 11.4 Å². The number of nitrogen functional groups attached to an aromatic ring is 2. The van der Waals surface area contributed by atoms with E-state index in [1.54, 1.807) is 0 Å². The first-order valence-electron chi connectivity index (χ1n) is 10.0. The Balaban J connectivity index is 1.59. The van der Waals surface area contributed by atoms with Crippen molar-refractivity contribution in [2.75, 3.05) is 11.5 Å². The van der Waals surface area contributed by atoms with Crippen molar-refractivity contribution in [1.29, 1.82) is 0 Å². The molecule has 4 N–H and O–H groups in total. The second-order valence-corrected chi connectivity index (χ2v) is 9.02. The minimum Gasteiger partial charge on any atom is -0.399 e. The predicted octanol–water partition coefficient (Wildman–Crippen LogP) is 5.49. The molecule has 0 spiro atoms. The van der Waals surface area contributed by atoms with Gasteiger partial charge in [-0.25, -0.2) is 0 Å². The first-order valence-corrected chi connectivity index (χ1v) is 10.0. The molecule has 0 heterocycles. The normalized spacial score (nSPS) is 32.4. The van der Waals surface area contributed by atoms with Crippen LogP contribution in [-0.4, -0.2) is 0 Å². The molecule has 0 aliphatic heterocycles. The van der Waals surface area contributed by atoms with Gasteiger partial charge in [0.25, 0.3) is 0 Å². The van der Waals surface area contributed by atoms with Crippen molar-refractivity contribution in [1.82, 2.24) is 0 Å². The number of nitrogens with two attached hydrogens (primary N) is 2. The lowest BCUT2D eigenvalue weighted by Crippen LogP contribution is -2.49. The summed E-state index contributed by atoms with van der Waals surface area (Å²) in [5.41, 5.74) is 18.6. The first-order chi connectivity index (χ1) is 12.6. The average Bonchev–Trinajstić information content (AvgIpc) is 2.59. The van der Waals surface area contributed by atoms with E-state index in [4.69, 9.17) is 11.5 Å². The van der Waals surface area contributed by atoms with E-state index in [9.17, 15) is 0 Å². The number of anilines is 2. The minimum absolute atomic E-state index is 0.281. The van der Waals surface area contributed by atoms with Crippen LogP contribution in [0.3, 0.4) is 0 Å². The fraction of sp³-hybridized carbons (Fsp3) is 0.417. The van der Waals surface area contributed by atoms with Crippen LogP contribution in [0.1, 0.15) is 55.2 Å². The Bertz CT molecular complexity index is 815. The summed E-state index contributed by atoms with van der Waals surface area (Å²) in [5, 5.41) is 0. The summed E-state index contributed by atoms with van der Waals surface area (Å²) >= 11 is 0. The maximum atomic E-state index is 6.60. The third kappa shape index (κ3) is 2.63. The summed E-state index contributed by atoms with van der Waals surface area (Å²) in [4.78, 5) is 0. The molecule has 4 aliphatic carbocycles. The molecule has 0 aromatic heterocycles. The van der Waals surface area contributed by atoms with Crippen LogP contribution in [-0.2, 0) is 5.41 Å². The summed E-state index contributed by atoms with van der Waals surface area (Å²) in [6.45, 7) is 0. The SMILES string of the molecule is Nc1cc(N)c(C23CC4CC(CC(C4)C2)C3)c(C=Cc2ccccc2)c1. The Labute approximate surface area is 156 Å². The smallest absolute Gasteiger partial charge is 0.0378 e. The monoisotopic (exact) mass is 344 g/mol. The lowest BCUT2D eigenvalue weighted by Gasteiger charge is -2.57. The second-order valence-electron chi connectivity index (χ2n) is 9.02. The van der Waals surface area contributed by atoms with Crippen LogP contribution in [0.15, 0.2) is 42.5 Å². The van der Waals surface area contributed by atoms with Crippen molar-refractivity contribution >= 4 is 23.5 Å². The number of hydrogen-bond donors (Lipinski definition) is 2. The number of benzene rings is 2. The van der Waals surface area contributed by atoms with Crippen molar-refractivity contribution in [3.63, 3.8) is 0 Å². The van der Waals surface area contributed by atoms with Crippen LogP contribution in [0, 0.1) is 17.8 Å². The standard InChI is InChI=1S/C24H28N2/c25-21-11-20(7-6-16-4-2-1-3-5-16)23(22(26)12-21)24-13-17-8-18(14-24)10-19(9-17)15-24/h1-7,11-12,17-19H,8-10,13-15,25-26H2. The fourth-order valence-electron chi connectivity index (χ4n) is 6.62. The molecule has 2 heteroatoms. The summed E-state index contributed by atoms with van der Waals surface area (Å²) in [6.07, 6.45) is 12.7. The lowest BCUT2D eigenvalue weighted by atomic mass is 9.47. The maximum Gasteiger partial charge on any atom is 0.0378 e. The molecule has 0 amide bonds. The van der Waals surface area contributed by atoms with Crippen LogP contribution >= 0.6 is 0 Å². The van der Waals surface area contributed by atoms with E-state index in [0.717, 1.165) is 29.1 Å². The zero-order valence-electron chi connectivity index (χ0n) is 15.3. The third-order valence-electron chi connectivity index (χ3n) is 7.05. The van der Waals surface area contributed by atoms with Gasteiger partial charge >= 0.3 is 0 Å². The highest BCUT2D eigenvalue weighted by molar-refractivity contribution is 5.78. The molecule has 0 radical (unpaired) electrons. The highest BCUT2D eigenvalue weighted by Crippen LogP contribution is 2.62. The molecule has 0 unspecified atom stereocenters. The van der Waals surface area contributed by atoms with E-state index in [-0.39, 0.29) is 5.41 Å². The molecule has 4 fully saturated rings. The van der Waals surface area contributed by atoms with Gasteiger partial charge in [0.1, 0.15) is 0 Å². The average molecular weight is 345 g/mol. The van der Waals surface area contributed by atoms with Crippen LogP contribution in [0.25, 0.3) is 12.2 Å². The Morgan fingerprint density at radius 1 is 0.808 bits per heavy atom. The number of hydrogen-bond acceptors (Lipinski definition) is 2. The van der Waals surface area contributed by atoms with Gasteiger partial charge in [0.15, 0.2) is 0 Å². The zero-order valence-corrected chi connectivity index (χ0v) is 15.3. The largest absolute Gasteiger partial charge is 0.399 e. The van der Waals surface area contributed by atoms with Crippen LogP contribution < -0.4 is 11.5 Å². The topological polar surface area (TPSA) is 52.0 Å². The third-order valence-corrected chi connectivity index (χ3v) is 7.05. The van der Waals surface area contributed by atoms with Crippen LogP contribution in [0.5, 0.6) is 0 Å². The molecule has 6 rings (SSSR count). The molecule has 134 valence electrons. The van der Waals surface area contributed by atoms with Gasteiger partial charge in [-0.2, -0.15) is 0 Å². The summed E-state index contributed by atoms with van der Waals surface area (Å²) in [5.74, 6) is 2.72. The van der Waals surface area contributed by atoms with Crippen molar-refractivity contribution < 1.29 is 0 Å². The summed E-state index contributed by atoms with van der Waals surface area (Å²) in [7, 11) is 0. The Morgan fingerprint density at radius 3 is 2.04 bits per heavy atom. The molecule has 2 aromatic carbocycles. The van der Waals surface area contributed by atoms with Gasteiger partial charge in [-0.05, 0) is 90.5 Å². The molecule has 0 saturated heterocycles. The zero-order chi connectivity index (χ0) is 17.7. The molecule has 0 atom stereocenters. The van der Waals surface area contributed by atoms with Gasteiger partial charge in [0.05, 0.1) is 0 Å². The molecular formula is C24H28N2. The van der Waals surface area contributed by atoms with Crippen molar-refractivity contribution in [2.24, 2.45) is 17.8 Å². The predicted molar refractivity (Wildman–Crippen MR) is 110 cm³/mol. The van der Waals surface area contributed by atoms with Gasteiger partial charge in [0.2, 0.25) is 0 Å². The van der Waals surface area contributed by atoms with E-state index < -0.39 is 0 Å². The highest BCUT2D eigenvalue weighted by Gasteiger charge is 2.52. The Morgan fingerprint density at radius 2 is 1.42 bits per heavy atom.